The van der Waals surface area contributed by atoms with Crippen LogP contribution in [-0.4, -0.2) is 54.4 Å². The Morgan fingerprint density at radius 3 is 2.68 bits per heavy atom. The van der Waals surface area contributed by atoms with E-state index in [0.717, 1.165) is 45.1 Å². The second-order valence-corrected chi connectivity index (χ2v) is 6.73. The van der Waals surface area contributed by atoms with E-state index in [9.17, 15) is 4.79 Å². The fourth-order valence-corrected chi connectivity index (χ4v) is 3.42. The van der Waals surface area contributed by atoms with E-state index in [-0.39, 0.29) is 6.04 Å². The zero-order chi connectivity index (χ0) is 17.6. The average molecular weight is 349 g/mol. The summed E-state index contributed by atoms with van der Waals surface area (Å²) in [4.78, 5) is 20.4. The monoisotopic (exact) mass is 349 g/mol. The molecule has 1 aliphatic carbocycles. The Labute approximate surface area is 147 Å². The molecule has 0 radical (unpaired) electrons. The number of carbonyl (C=O) groups excluding carboxylic acids is 1. The second kappa shape index (κ2) is 8.44. The third-order valence-corrected chi connectivity index (χ3v) is 4.90. The van der Waals surface area contributed by atoms with Gasteiger partial charge in [-0.3, -0.25) is 4.79 Å². The van der Waals surface area contributed by atoms with Gasteiger partial charge < -0.3 is 25.8 Å². The highest BCUT2D eigenvalue weighted by molar-refractivity contribution is 5.97. The predicted molar refractivity (Wildman–Crippen MR) is 94.7 cm³/mol. The quantitative estimate of drug-likeness (QED) is 0.714. The predicted octanol–water partition coefficient (Wildman–Crippen LogP) is 1.54. The van der Waals surface area contributed by atoms with Gasteiger partial charge in [0.1, 0.15) is 5.82 Å². The van der Waals surface area contributed by atoms with E-state index < -0.39 is 5.91 Å². The van der Waals surface area contributed by atoms with Crippen LogP contribution >= 0.6 is 0 Å². The van der Waals surface area contributed by atoms with Crippen LogP contribution in [0.4, 0.5) is 11.8 Å². The summed E-state index contributed by atoms with van der Waals surface area (Å²) in [5.74, 6) is 0.461. The highest BCUT2D eigenvalue weighted by Gasteiger charge is 2.23. The maximum absolute atomic E-state index is 11.7. The normalized spacial score (nSPS) is 26.8. The number of hydrogen-bond acceptors (Lipinski definition) is 7. The van der Waals surface area contributed by atoms with Crippen molar-refractivity contribution in [1.82, 2.24) is 9.97 Å². The molecule has 1 aromatic heterocycles. The first-order valence-corrected chi connectivity index (χ1v) is 8.96. The van der Waals surface area contributed by atoms with Crippen LogP contribution in [-0.2, 0) is 9.47 Å². The number of nitrogens with one attached hydrogen (secondary N) is 2. The van der Waals surface area contributed by atoms with E-state index in [1.165, 1.54) is 6.20 Å². The third-order valence-electron chi connectivity index (χ3n) is 4.90. The highest BCUT2D eigenvalue weighted by atomic mass is 16.5. The maximum Gasteiger partial charge on any atom is 0.254 e. The van der Waals surface area contributed by atoms with Crippen LogP contribution < -0.4 is 16.4 Å². The number of hydrogen-bond donors (Lipinski definition) is 3. The zero-order valence-corrected chi connectivity index (χ0v) is 14.7. The Balaban J connectivity index is 1.68. The molecule has 0 aromatic carbocycles. The molecule has 4 N–H and O–H groups in total. The minimum absolute atomic E-state index is 0.131. The summed E-state index contributed by atoms with van der Waals surface area (Å²) in [5, 5.41) is 6.66. The Bertz CT molecular complexity index is 584. The fourth-order valence-electron chi connectivity index (χ4n) is 3.42. The van der Waals surface area contributed by atoms with Gasteiger partial charge in [-0.25, -0.2) is 4.98 Å². The lowest BCUT2D eigenvalue weighted by Crippen LogP contribution is -2.32. The van der Waals surface area contributed by atoms with E-state index >= 15 is 0 Å². The SMILES string of the molecule is COC1CCC(Nc2ncc(C(N)=O)c(N[C@@H]3CCCOC3)n2)CC1. The number of primary amides is 1. The second-order valence-electron chi connectivity index (χ2n) is 6.73. The van der Waals surface area contributed by atoms with E-state index in [0.29, 0.717) is 36.1 Å². The molecule has 8 nitrogen and oxygen atoms in total. The molecule has 2 fully saturated rings. The van der Waals surface area contributed by atoms with Gasteiger partial charge in [0.05, 0.1) is 24.3 Å². The summed E-state index contributed by atoms with van der Waals surface area (Å²) in [6.07, 6.45) is 7.88. The molecular formula is C17H27N5O3. The van der Waals surface area contributed by atoms with Crippen LogP contribution in [0.25, 0.3) is 0 Å². The molecule has 1 atom stereocenters. The molecule has 1 saturated heterocycles. The maximum atomic E-state index is 11.7. The minimum atomic E-state index is -0.536. The lowest BCUT2D eigenvalue weighted by molar-refractivity contribution is 0.0681. The molecule has 8 heteroatoms. The van der Waals surface area contributed by atoms with E-state index in [4.69, 9.17) is 15.2 Å². The van der Waals surface area contributed by atoms with E-state index in [1.807, 2.05) is 0 Å². The van der Waals surface area contributed by atoms with Gasteiger partial charge in [0, 0.05) is 26.0 Å². The van der Waals surface area contributed by atoms with Crippen molar-refractivity contribution in [1.29, 1.82) is 0 Å². The van der Waals surface area contributed by atoms with Crippen molar-refractivity contribution in [3.8, 4) is 0 Å². The first-order chi connectivity index (χ1) is 12.2. The first kappa shape index (κ1) is 17.9. The fraction of sp³-hybridized carbons (Fsp3) is 0.706. The van der Waals surface area contributed by atoms with Gasteiger partial charge in [0.25, 0.3) is 5.91 Å². The topological polar surface area (TPSA) is 111 Å². The van der Waals surface area contributed by atoms with Gasteiger partial charge in [-0.2, -0.15) is 4.98 Å². The molecule has 2 heterocycles. The number of anilines is 2. The summed E-state index contributed by atoms with van der Waals surface area (Å²) in [5.41, 5.74) is 5.76. The van der Waals surface area contributed by atoms with Crippen molar-refractivity contribution in [3.05, 3.63) is 11.8 Å². The van der Waals surface area contributed by atoms with Crippen LogP contribution in [0.2, 0.25) is 0 Å². The molecule has 1 amide bonds. The summed E-state index contributed by atoms with van der Waals surface area (Å²) in [6, 6.07) is 0.448. The van der Waals surface area contributed by atoms with Gasteiger partial charge in [-0.1, -0.05) is 0 Å². The molecule has 1 aromatic rings. The Kier molecular flexibility index (Phi) is 6.04. The van der Waals surface area contributed by atoms with Crippen molar-refractivity contribution in [2.45, 2.75) is 56.7 Å². The molecule has 0 spiro atoms. The summed E-state index contributed by atoms with van der Waals surface area (Å²) in [7, 11) is 1.76. The van der Waals surface area contributed by atoms with Crippen LogP contribution in [0.1, 0.15) is 48.9 Å². The van der Waals surface area contributed by atoms with Gasteiger partial charge in [0.2, 0.25) is 5.95 Å². The number of nitrogens with two attached hydrogens (primary N) is 1. The number of rotatable bonds is 6. The standard InChI is InChI=1S/C17H27N5O3/c1-24-13-6-4-11(5-7-13)21-17-19-9-14(15(18)23)16(22-17)20-12-3-2-8-25-10-12/h9,11-13H,2-8,10H2,1H3,(H2,18,23)(H2,19,20,21,22)/t11?,12-,13?/m1/s1. The lowest BCUT2D eigenvalue weighted by atomic mass is 9.93. The molecule has 1 aliphatic heterocycles. The number of carbonyl (C=O) groups is 1. The Morgan fingerprint density at radius 1 is 1.24 bits per heavy atom. The van der Waals surface area contributed by atoms with Gasteiger partial charge in [-0.15, -0.1) is 0 Å². The lowest BCUT2D eigenvalue weighted by Gasteiger charge is -2.28. The number of methoxy groups -OCH3 is 1. The summed E-state index contributed by atoms with van der Waals surface area (Å²) in [6.45, 7) is 1.38. The zero-order valence-electron chi connectivity index (χ0n) is 14.7. The van der Waals surface area contributed by atoms with Crippen LogP contribution in [0.5, 0.6) is 0 Å². The van der Waals surface area contributed by atoms with Crippen LogP contribution in [0.3, 0.4) is 0 Å². The average Bonchev–Trinajstić information content (AvgIpc) is 2.63. The minimum Gasteiger partial charge on any atom is -0.381 e. The van der Waals surface area contributed by atoms with Gasteiger partial charge in [0.15, 0.2) is 0 Å². The Hall–Kier alpha value is -1.93. The van der Waals surface area contributed by atoms with Crippen molar-refractivity contribution in [2.24, 2.45) is 5.73 Å². The smallest absolute Gasteiger partial charge is 0.254 e. The molecule has 0 bridgehead atoms. The number of nitrogens with zero attached hydrogens (tertiary/aromatic N) is 2. The van der Waals surface area contributed by atoms with Crippen molar-refractivity contribution >= 4 is 17.7 Å². The summed E-state index contributed by atoms with van der Waals surface area (Å²) < 4.78 is 10.9. The first-order valence-electron chi connectivity index (χ1n) is 8.96. The Morgan fingerprint density at radius 2 is 2.04 bits per heavy atom. The number of aromatic nitrogens is 2. The van der Waals surface area contributed by atoms with Gasteiger partial charge in [-0.05, 0) is 38.5 Å². The van der Waals surface area contributed by atoms with Crippen molar-refractivity contribution in [3.63, 3.8) is 0 Å². The van der Waals surface area contributed by atoms with E-state index in [1.54, 1.807) is 7.11 Å². The molecule has 25 heavy (non-hydrogen) atoms. The molecule has 138 valence electrons. The number of amides is 1. The summed E-state index contributed by atoms with van der Waals surface area (Å²) >= 11 is 0. The van der Waals surface area contributed by atoms with Gasteiger partial charge >= 0.3 is 0 Å². The van der Waals surface area contributed by atoms with Crippen molar-refractivity contribution < 1.29 is 14.3 Å². The number of ether oxygens (including phenoxy) is 2. The van der Waals surface area contributed by atoms with Crippen molar-refractivity contribution in [2.75, 3.05) is 31.0 Å². The molecule has 0 unspecified atom stereocenters. The largest absolute Gasteiger partial charge is 0.381 e. The molecular weight excluding hydrogens is 322 g/mol. The third kappa shape index (κ3) is 4.79. The van der Waals surface area contributed by atoms with Crippen LogP contribution in [0, 0.1) is 0 Å². The molecule has 1 saturated carbocycles. The molecule has 3 rings (SSSR count). The van der Waals surface area contributed by atoms with Crippen LogP contribution in [0.15, 0.2) is 6.20 Å². The molecule has 2 aliphatic rings. The highest BCUT2D eigenvalue weighted by Crippen LogP contribution is 2.24. The van der Waals surface area contributed by atoms with E-state index in [2.05, 4.69) is 20.6 Å².